The first-order valence-corrected chi connectivity index (χ1v) is 8.88. The Morgan fingerprint density at radius 3 is 2.33 bits per heavy atom. The maximum atomic E-state index is 12.7. The number of aryl methyl sites for hydroxylation is 1. The van der Waals surface area contributed by atoms with Gasteiger partial charge in [0.2, 0.25) is 0 Å². The molecule has 5 nitrogen and oxygen atoms in total. The molecule has 0 spiro atoms. The van der Waals surface area contributed by atoms with E-state index in [1.807, 2.05) is 30.3 Å². The topological polar surface area (TPSA) is 83.5 Å². The van der Waals surface area contributed by atoms with Gasteiger partial charge in [0.15, 0.2) is 14.6 Å². The molecule has 1 aliphatic carbocycles. The van der Waals surface area contributed by atoms with E-state index in [9.17, 15) is 13.2 Å². The fourth-order valence-electron chi connectivity index (χ4n) is 3.00. The van der Waals surface area contributed by atoms with Crippen molar-refractivity contribution in [2.75, 3.05) is 5.75 Å². The molecule has 0 aromatic heterocycles. The molecule has 1 aromatic rings. The second-order valence-corrected chi connectivity index (χ2v) is 7.97. The molecule has 1 amide bonds. The van der Waals surface area contributed by atoms with E-state index in [-0.39, 0.29) is 18.6 Å². The first-order valence-electron chi connectivity index (χ1n) is 7.23. The Labute approximate surface area is 125 Å². The lowest BCUT2D eigenvalue weighted by Gasteiger charge is -2.34. The summed E-state index contributed by atoms with van der Waals surface area (Å²) in [5, 5.41) is 8.94. The molecule has 0 radical (unpaired) electrons. The van der Waals surface area contributed by atoms with Gasteiger partial charge in [0.05, 0.1) is 5.75 Å². The quantitative estimate of drug-likeness (QED) is 0.642. The normalized spacial score (nSPS) is 18.1. The van der Waals surface area contributed by atoms with Crippen LogP contribution in [0.25, 0.3) is 0 Å². The third kappa shape index (κ3) is 3.27. The molecular weight excluding hydrogens is 290 g/mol. The zero-order valence-corrected chi connectivity index (χ0v) is 12.7. The summed E-state index contributed by atoms with van der Waals surface area (Å²) in [6.45, 7) is 0. The fraction of sp³-hybridized carbons (Fsp3) is 0.533. The minimum atomic E-state index is -3.63. The largest absolute Gasteiger partial charge is 0.289 e. The van der Waals surface area contributed by atoms with Crippen LogP contribution in [0.2, 0.25) is 0 Å². The van der Waals surface area contributed by atoms with Gasteiger partial charge in [-0.3, -0.25) is 10.0 Å². The lowest BCUT2D eigenvalue weighted by Crippen LogP contribution is -2.53. The predicted molar refractivity (Wildman–Crippen MR) is 79.7 cm³/mol. The summed E-state index contributed by atoms with van der Waals surface area (Å²) in [5.41, 5.74) is 2.49. The Balaban J connectivity index is 2.20. The third-order valence-electron chi connectivity index (χ3n) is 4.27. The minimum absolute atomic E-state index is 0.0789. The van der Waals surface area contributed by atoms with Crippen molar-refractivity contribution in [2.24, 2.45) is 0 Å². The van der Waals surface area contributed by atoms with Crippen molar-refractivity contribution < 1.29 is 18.4 Å². The van der Waals surface area contributed by atoms with Gasteiger partial charge in [-0.1, -0.05) is 49.6 Å². The highest BCUT2D eigenvalue weighted by Gasteiger charge is 2.50. The number of hydroxylamine groups is 1. The Kier molecular flexibility index (Phi) is 5.00. The van der Waals surface area contributed by atoms with Gasteiger partial charge >= 0.3 is 0 Å². The molecule has 21 heavy (non-hydrogen) atoms. The summed E-state index contributed by atoms with van der Waals surface area (Å²) >= 11 is 0. The zero-order chi connectivity index (χ0) is 15.3. The van der Waals surface area contributed by atoms with Crippen LogP contribution in [-0.4, -0.2) is 30.0 Å². The highest BCUT2D eigenvalue weighted by molar-refractivity contribution is 7.93. The Morgan fingerprint density at radius 2 is 1.76 bits per heavy atom. The molecule has 1 aromatic carbocycles. The van der Waals surface area contributed by atoms with Crippen molar-refractivity contribution in [3.8, 4) is 0 Å². The smallest absolute Gasteiger partial charge is 0.264 e. The van der Waals surface area contributed by atoms with Gasteiger partial charge in [0.1, 0.15) is 0 Å². The van der Waals surface area contributed by atoms with Gasteiger partial charge in [0, 0.05) is 0 Å². The average Bonchev–Trinajstić information content (AvgIpc) is 2.53. The summed E-state index contributed by atoms with van der Waals surface area (Å²) < 4.78 is 24.0. The molecule has 2 N–H and O–H groups in total. The molecule has 0 unspecified atom stereocenters. The summed E-state index contributed by atoms with van der Waals surface area (Å²) in [7, 11) is -3.63. The molecule has 0 saturated heterocycles. The Bertz CT molecular complexity index is 577. The second-order valence-electron chi connectivity index (χ2n) is 5.55. The molecule has 2 rings (SSSR count). The number of carbonyl (C=O) groups excluding carboxylic acids is 1. The van der Waals surface area contributed by atoms with E-state index < -0.39 is 20.5 Å². The number of hydrogen-bond acceptors (Lipinski definition) is 4. The number of nitrogens with one attached hydrogen (secondary N) is 1. The van der Waals surface area contributed by atoms with Crippen molar-refractivity contribution in [1.29, 1.82) is 0 Å². The van der Waals surface area contributed by atoms with Gasteiger partial charge in [-0.15, -0.1) is 0 Å². The number of benzene rings is 1. The van der Waals surface area contributed by atoms with Crippen molar-refractivity contribution >= 4 is 15.7 Å². The van der Waals surface area contributed by atoms with Crippen LogP contribution in [0.5, 0.6) is 0 Å². The van der Waals surface area contributed by atoms with E-state index in [0.29, 0.717) is 19.3 Å². The van der Waals surface area contributed by atoms with E-state index in [1.54, 1.807) is 5.48 Å². The van der Waals surface area contributed by atoms with Crippen molar-refractivity contribution in [1.82, 2.24) is 5.48 Å². The Morgan fingerprint density at radius 1 is 1.14 bits per heavy atom. The molecule has 0 atom stereocenters. The summed E-state index contributed by atoms with van der Waals surface area (Å²) in [5.74, 6) is -0.861. The van der Waals surface area contributed by atoms with E-state index >= 15 is 0 Å². The predicted octanol–water partition coefficient (Wildman–Crippen LogP) is 1.85. The average molecular weight is 311 g/mol. The number of amides is 1. The van der Waals surface area contributed by atoms with Crippen LogP contribution < -0.4 is 5.48 Å². The van der Waals surface area contributed by atoms with Crippen LogP contribution in [0.4, 0.5) is 0 Å². The maximum absolute atomic E-state index is 12.7. The SMILES string of the molecule is O=C(NO)C1(S(=O)(=O)CCc2ccccc2)CCCCC1. The highest BCUT2D eigenvalue weighted by Crippen LogP contribution is 2.36. The van der Waals surface area contributed by atoms with Crippen LogP contribution in [0, 0.1) is 0 Å². The van der Waals surface area contributed by atoms with Crippen LogP contribution in [0.1, 0.15) is 37.7 Å². The third-order valence-corrected chi connectivity index (χ3v) is 6.80. The fourth-order valence-corrected chi connectivity index (χ4v) is 5.13. The molecule has 0 aliphatic heterocycles. The standard InChI is InChI=1S/C15H21NO4S/c17-14(16-18)15(10-5-2-6-11-15)21(19,20)12-9-13-7-3-1-4-8-13/h1,3-4,7-8,18H,2,5-6,9-12H2,(H,16,17). The van der Waals surface area contributed by atoms with Gasteiger partial charge in [-0.05, 0) is 24.8 Å². The first kappa shape index (κ1) is 16.0. The molecule has 1 fully saturated rings. The number of hydrogen-bond donors (Lipinski definition) is 2. The lowest BCUT2D eigenvalue weighted by atomic mass is 9.88. The molecule has 1 aliphatic rings. The second kappa shape index (κ2) is 6.58. The van der Waals surface area contributed by atoms with Gasteiger partial charge in [0.25, 0.3) is 5.91 Å². The van der Waals surface area contributed by atoms with E-state index in [1.165, 1.54) is 0 Å². The van der Waals surface area contributed by atoms with E-state index in [0.717, 1.165) is 12.0 Å². The molecule has 1 saturated carbocycles. The van der Waals surface area contributed by atoms with Crippen molar-refractivity contribution in [3.05, 3.63) is 35.9 Å². The van der Waals surface area contributed by atoms with Crippen LogP contribution >= 0.6 is 0 Å². The summed E-state index contributed by atoms with van der Waals surface area (Å²) in [4.78, 5) is 12.0. The zero-order valence-electron chi connectivity index (χ0n) is 11.9. The van der Waals surface area contributed by atoms with E-state index in [4.69, 9.17) is 5.21 Å². The number of rotatable bonds is 5. The summed E-state index contributed by atoms with van der Waals surface area (Å²) in [6.07, 6.45) is 3.27. The van der Waals surface area contributed by atoms with E-state index in [2.05, 4.69) is 0 Å². The van der Waals surface area contributed by atoms with Crippen LogP contribution in [0.15, 0.2) is 30.3 Å². The molecule has 6 heteroatoms. The Hall–Kier alpha value is -1.40. The molecule has 0 bridgehead atoms. The number of sulfone groups is 1. The number of carbonyl (C=O) groups is 1. The first-order chi connectivity index (χ1) is 10.0. The van der Waals surface area contributed by atoms with Gasteiger partial charge in [-0.2, -0.15) is 0 Å². The monoisotopic (exact) mass is 311 g/mol. The summed E-state index contributed by atoms with van der Waals surface area (Å²) in [6, 6.07) is 9.34. The molecule has 0 heterocycles. The van der Waals surface area contributed by atoms with Gasteiger partial charge < -0.3 is 0 Å². The highest BCUT2D eigenvalue weighted by atomic mass is 32.2. The minimum Gasteiger partial charge on any atom is -0.289 e. The maximum Gasteiger partial charge on any atom is 0.264 e. The van der Waals surface area contributed by atoms with Crippen molar-refractivity contribution in [2.45, 2.75) is 43.3 Å². The molecular formula is C15H21NO4S. The van der Waals surface area contributed by atoms with Crippen LogP contribution in [-0.2, 0) is 21.1 Å². The lowest BCUT2D eigenvalue weighted by molar-refractivity contribution is -0.132. The van der Waals surface area contributed by atoms with Gasteiger partial charge in [-0.25, -0.2) is 13.9 Å². The van der Waals surface area contributed by atoms with Crippen molar-refractivity contribution in [3.63, 3.8) is 0 Å². The van der Waals surface area contributed by atoms with Crippen LogP contribution in [0.3, 0.4) is 0 Å². The molecule has 116 valence electrons.